The van der Waals surface area contributed by atoms with Crippen LogP contribution in [0.1, 0.15) is 76.6 Å². The summed E-state index contributed by atoms with van der Waals surface area (Å²) in [6.07, 6.45) is 3.13. The van der Waals surface area contributed by atoms with Crippen LogP contribution in [0.25, 0.3) is 11.1 Å². The van der Waals surface area contributed by atoms with Crippen LogP contribution in [-0.4, -0.2) is 49.5 Å². The molecule has 1 N–H and O–H groups in total. The summed E-state index contributed by atoms with van der Waals surface area (Å²) < 4.78 is 57.4. The zero-order chi connectivity index (χ0) is 48.5. The lowest BCUT2D eigenvalue weighted by molar-refractivity contribution is -0.152. The normalized spacial score (nSPS) is 14.0. The monoisotopic (exact) mass is 982 g/mol. The molecule has 7 aromatic rings. The minimum atomic E-state index is -3.11. The molecule has 1 heterocycles. The fourth-order valence-corrected chi connectivity index (χ4v) is 9.62. The molecule has 6 aromatic carbocycles. The zero-order valence-corrected chi connectivity index (χ0v) is 39.5. The molecule has 0 radical (unpaired) electrons. The molecule has 9 rings (SSSR count). The number of fused-ring (bicyclic) bond motifs is 3. The van der Waals surface area contributed by atoms with Crippen LogP contribution in [0.3, 0.4) is 0 Å². The van der Waals surface area contributed by atoms with E-state index in [-0.39, 0.29) is 65.9 Å². The number of nitrogens with zero attached hydrogens (tertiary/aromatic N) is 1. The first kappa shape index (κ1) is 48.2. The Bertz CT molecular complexity index is 2730. The molecule has 0 saturated heterocycles. The smallest absolute Gasteiger partial charge is 0.407 e. The number of esters is 1. The van der Waals surface area contributed by atoms with Crippen LogP contribution < -0.4 is 14.8 Å². The number of ether oxygens (including phenoxy) is 5. The van der Waals surface area contributed by atoms with Gasteiger partial charge in [-0.05, 0) is 93.8 Å². The summed E-state index contributed by atoms with van der Waals surface area (Å²) in [5, 5.41) is 3.27. The SMILES string of the molecule is O=C(N[C@H](CCCOC(c1ccccc1)(c1ccccc1)c1ccccc1)C(=O)O[C@@H](Cc1c(Cl)cncc1Cl)c1ccc(OC(F)F)c(OCC2CC2)c1)OCC1c2ccccc2-c2ccccc21. The highest BCUT2D eigenvalue weighted by molar-refractivity contribution is 6.35. The highest BCUT2D eigenvalue weighted by Gasteiger charge is 2.38. The number of hydrogen-bond donors (Lipinski definition) is 1. The van der Waals surface area contributed by atoms with Crippen molar-refractivity contribution in [2.75, 3.05) is 19.8 Å². The summed E-state index contributed by atoms with van der Waals surface area (Å²) in [7, 11) is 0. The van der Waals surface area contributed by atoms with Crippen LogP contribution in [0.4, 0.5) is 13.6 Å². The molecule has 0 bridgehead atoms. The Morgan fingerprint density at radius 1 is 0.700 bits per heavy atom. The van der Waals surface area contributed by atoms with Crippen molar-refractivity contribution in [3.63, 3.8) is 0 Å². The van der Waals surface area contributed by atoms with Crippen LogP contribution in [0, 0.1) is 5.92 Å². The Morgan fingerprint density at radius 3 is 1.81 bits per heavy atom. The van der Waals surface area contributed by atoms with E-state index in [0.717, 1.165) is 51.8 Å². The number of rotatable bonds is 21. The van der Waals surface area contributed by atoms with E-state index < -0.39 is 36.4 Å². The molecule has 0 spiro atoms. The minimum absolute atomic E-state index is 0.0107. The number of halogens is 4. The quantitative estimate of drug-likeness (QED) is 0.0431. The van der Waals surface area contributed by atoms with Gasteiger partial charge in [0.05, 0.1) is 16.7 Å². The second-order valence-electron chi connectivity index (χ2n) is 17.3. The molecular formula is C57H50Cl2F2N2O7. The topological polar surface area (TPSA) is 105 Å². The van der Waals surface area contributed by atoms with Gasteiger partial charge < -0.3 is 29.0 Å². The Kier molecular flexibility index (Phi) is 15.4. The molecule has 13 heteroatoms. The molecule has 70 heavy (non-hydrogen) atoms. The third-order valence-corrected chi connectivity index (χ3v) is 13.4. The van der Waals surface area contributed by atoms with Crippen molar-refractivity contribution in [2.45, 2.75) is 62.4 Å². The summed E-state index contributed by atoms with van der Waals surface area (Å²) in [5.74, 6) is -0.850. The highest BCUT2D eigenvalue weighted by Crippen LogP contribution is 2.45. The number of nitrogens with one attached hydrogen (secondary N) is 1. The number of alkyl halides is 2. The number of amides is 1. The van der Waals surface area contributed by atoms with Crippen LogP contribution in [0.15, 0.2) is 170 Å². The molecule has 2 aliphatic carbocycles. The van der Waals surface area contributed by atoms with Gasteiger partial charge in [-0.15, -0.1) is 0 Å². The standard InChI is InChI=1S/C57H50Cl2F2N2O7/c58-48-33-62-34-49(59)46(48)32-52(38-28-29-51(70-55(60)61)53(31-38)66-35-37-26-27-37)69-54(64)50(63-56(65)67-36-47-44-23-12-10-21-42(44)43-22-11-13-24-45(43)47)25-14-30-68-57(39-15-4-1-5-16-39,40-17-6-2-7-18-40)41-19-8-3-9-20-41/h1-13,15-24,28-29,31,33-34,37,47,50,52,55H,14,25-27,30,32,35-36H2,(H,63,65)/t50-,52+/m1/s1. The average molecular weight is 984 g/mol. The lowest BCUT2D eigenvalue weighted by atomic mass is 9.80. The predicted octanol–water partition coefficient (Wildman–Crippen LogP) is 13.3. The predicted molar refractivity (Wildman–Crippen MR) is 264 cm³/mol. The number of aromatic nitrogens is 1. The second kappa shape index (κ2) is 22.3. The summed E-state index contributed by atoms with van der Waals surface area (Å²) in [6.45, 7) is -2.65. The van der Waals surface area contributed by atoms with Crippen LogP contribution >= 0.6 is 23.2 Å². The largest absolute Gasteiger partial charge is 0.489 e. The van der Waals surface area contributed by atoms with Gasteiger partial charge >= 0.3 is 18.7 Å². The lowest BCUT2D eigenvalue weighted by Crippen LogP contribution is -2.43. The number of benzene rings is 6. The Morgan fingerprint density at radius 2 is 1.26 bits per heavy atom. The van der Waals surface area contributed by atoms with Crippen LogP contribution in [0.2, 0.25) is 10.0 Å². The van der Waals surface area contributed by atoms with Gasteiger partial charge in [0.1, 0.15) is 24.4 Å². The Labute approximate surface area is 415 Å². The van der Waals surface area contributed by atoms with E-state index in [1.165, 1.54) is 30.6 Å². The third-order valence-electron chi connectivity index (χ3n) is 12.7. The molecule has 1 fully saturated rings. The van der Waals surface area contributed by atoms with E-state index in [9.17, 15) is 18.4 Å². The van der Waals surface area contributed by atoms with Gasteiger partial charge in [-0.1, -0.05) is 169 Å². The van der Waals surface area contributed by atoms with Crippen molar-refractivity contribution in [3.05, 3.63) is 219 Å². The number of alkyl carbamates (subject to hydrolysis) is 1. The van der Waals surface area contributed by atoms with Crippen LogP contribution in [-0.2, 0) is 31.0 Å². The number of hydrogen-bond acceptors (Lipinski definition) is 8. The molecule has 1 aromatic heterocycles. The fourth-order valence-electron chi connectivity index (χ4n) is 9.10. The van der Waals surface area contributed by atoms with Crippen molar-refractivity contribution < 1.29 is 42.1 Å². The molecule has 0 unspecified atom stereocenters. The molecule has 2 aliphatic rings. The summed E-state index contributed by atoms with van der Waals surface area (Å²) >= 11 is 13.3. The number of pyridine rings is 1. The first-order valence-electron chi connectivity index (χ1n) is 23.3. The minimum Gasteiger partial charge on any atom is -0.489 e. The van der Waals surface area contributed by atoms with Crippen molar-refractivity contribution in [1.29, 1.82) is 0 Å². The Balaban J connectivity index is 1.01. The average Bonchev–Trinajstić information content (AvgIpc) is 4.17. The molecule has 358 valence electrons. The second-order valence-corrected chi connectivity index (χ2v) is 18.2. The maximum atomic E-state index is 14.8. The van der Waals surface area contributed by atoms with Gasteiger partial charge in [-0.25, -0.2) is 9.59 Å². The molecule has 9 nitrogen and oxygen atoms in total. The van der Waals surface area contributed by atoms with E-state index in [4.69, 9.17) is 46.9 Å². The first-order chi connectivity index (χ1) is 34.2. The van der Waals surface area contributed by atoms with Gasteiger partial charge in [0.2, 0.25) is 0 Å². The fraction of sp³-hybridized carbons (Fsp3) is 0.246. The molecular weight excluding hydrogens is 934 g/mol. The lowest BCUT2D eigenvalue weighted by Gasteiger charge is -2.36. The zero-order valence-electron chi connectivity index (χ0n) is 38.0. The number of carbonyl (C=O) groups excluding carboxylic acids is 2. The first-order valence-corrected chi connectivity index (χ1v) is 24.1. The van der Waals surface area contributed by atoms with Crippen molar-refractivity contribution >= 4 is 35.3 Å². The van der Waals surface area contributed by atoms with Gasteiger partial charge in [0, 0.05) is 31.3 Å². The molecule has 1 amide bonds. The molecule has 0 aliphatic heterocycles. The molecule has 2 atom stereocenters. The number of carbonyl (C=O) groups is 2. The van der Waals surface area contributed by atoms with E-state index in [1.54, 1.807) is 0 Å². The summed E-state index contributed by atoms with van der Waals surface area (Å²) in [6, 6.07) is 48.9. The summed E-state index contributed by atoms with van der Waals surface area (Å²) in [4.78, 5) is 32.9. The van der Waals surface area contributed by atoms with E-state index >= 15 is 0 Å². The maximum Gasteiger partial charge on any atom is 0.407 e. The van der Waals surface area contributed by atoms with Gasteiger partial charge in [0.15, 0.2) is 11.5 Å². The van der Waals surface area contributed by atoms with Crippen molar-refractivity contribution in [3.8, 4) is 22.6 Å². The van der Waals surface area contributed by atoms with Crippen LogP contribution in [0.5, 0.6) is 11.5 Å². The molecule has 1 saturated carbocycles. The maximum absolute atomic E-state index is 14.8. The van der Waals surface area contributed by atoms with E-state index in [2.05, 4.69) is 22.4 Å². The summed E-state index contributed by atoms with van der Waals surface area (Å²) in [5.41, 5.74) is 6.70. The Hall–Kier alpha value is -6.79. The van der Waals surface area contributed by atoms with Crippen molar-refractivity contribution in [2.24, 2.45) is 5.92 Å². The van der Waals surface area contributed by atoms with Gasteiger partial charge in [-0.3, -0.25) is 4.98 Å². The van der Waals surface area contributed by atoms with E-state index in [0.29, 0.717) is 17.7 Å². The van der Waals surface area contributed by atoms with Gasteiger partial charge in [-0.2, -0.15) is 8.78 Å². The van der Waals surface area contributed by atoms with E-state index in [1.807, 2.05) is 127 Å². The van der Waals surface area contributed by atoms with Gasteiger partial charge in [0.25, 0.3) is 0 Å². The third kappa shape index (κ3) is 11.1. The highest BCUT2D eigenvalue weighted by atomic mass is 35.5. The van der Waals surface area contributed by atoms with Crippen molar-refractivity contribution in [1.82, 2.24) is 10.3 Å².